The Morgan fingerprint density at radius 1 is 1.69 bits per heavy atom. The van der Waals surface area contributed by atoms with E-state index in [0.717, 1.165) is 29.0 Å². The normalized spacial score (nSPS) is 16.2. The third-order valence-corrected chi connectivity index (χ3v) is 3.19. The molecule has 1 aliphatic rings. The van der Waals surface area contributed by atoms with Crippen LogP contribution in [0.1, 0.15) is 28.9 Å². The summed E-state index contributed by atoms with van der Waals surface area (Å²) in [6.07, 6.45) is 3.44. The summed E-state index contributed by atoms with van der Waals surface area (Å²) < 4.78 is 2.71. The first-order chi connectivity index (χ1) is 6.22. The van der Waals surface area contributed by atoms with E-state index in [1.165, 1.54) is 12.8 Å². The number of nitrogens with zero attached hydrogens (tertiary/aromatic N) is 2. The van der Waals surface area contributed by atoms with Crippen molar-refractivity contribution in [2.45, 2.75) is 26.3 Å². The summed E-state index contributed by atoms with van der Waals surface area (Å²) in [6.45, 7) is 2.80. The van der Waals surface area contributed by atoms with Crippen molar-refractivity contribution < 1.29 is 4.79 Å². The molecule has 1 heterocycles. The minimum Gasteiger partial charge on any atom is -0.298 e. The molecule has 0 radical (unpaired) electrons. The molecule has 0 amide bonds. The molecule has 1 saturated carbocycles. The number of halogens is 1. The second-order valence-electron chi connectivity index (χ2n) is 3.53. The number of hydrogen-bond acceptors (Lipinski definition) is 2. The predicted molar refractivity (Wildman–Crippen MR) is 52.8 cm³/mol. The van der Waals surface area contributed by atoms with Crippen LogP contribution in [-0.4, -0.2) is 16.1 Å². The maximum absolute atomic E-state index is 10.7. The second kappa shape index (κ2) is 3.25. The van der Waals surface area contributed by atoms with Crippen LogP contribution in [-0.2, 0) is 6.54 Å². The summed E-state index contributed by atoms with van der Waals surface area (Å²) in [5, 5.41) is 4.30. The van der Waals surface area contributed by atoms with E-state index in [2.05, 4.69) is 21.0 Å². The van der Waals surface area contributed by atoms with Crippen LogP contribution in [0.15, 0.2) is 4.60 Å². The Hall–Kier alpha value is -0.640. The van der Waals surface area contributed by atoms with Crippen LogP contribution >= 0.6 is 15.9 Å². The minimum absolute atomic E-state index is 0.681. The molecule has 1 aromatic rings. The van der Waals surface area contributed by atoms with Crippen molar-refractivity contribution in [2.24, 2.45) is 5.92 Å². The van der Waals surface area contributed by atoms with Gasteiger partial charge in [0.1, 0.15) is 4.60 Å². The molecular weight excluding hydrogens is 232 g/mol. The van der Waals surface area contributed by atoms with E-state index in [9.17, 15) is 4.79 Å². The van der Waals surface area contributed by atoms with Crippen LogP contribution in [0.25, 0.3) is 0 Å². The average Bonchev–Trinajstić information content (AvgIpc) is 2.83. The molecule has 2 rings (SSSR count). The lowest BCUT2D eigenvalue weighted by molar-refractivity contribution is 0.112. The molecule has 3 nitrogen and oxygen atoms in total. The number of rotatable bonds is 3. The van der Waals surface area contributed by atoms with Gasteiger partial charge >= 0.3 is 0 Å². The summed E-state index contributed by atoms with van der Waals surface area (Å²) >= 11 is 3.39. The first-order valence-electron chi connectivity index (χ1n) is 4.40. The van der Waals surface area contributed by atoms with Crippen LogP contribution in [0.4, 0.5) is 0 Å². The Bertz CT molecular complexity index is 342. The molecule has 0 saturated heterocycles. The number of hydrogen-bond donors (Lipinski definition) is 0. The number of aryl methyl sites for hydroxylation is 1. The van der Waals surface area contributed by atoms with Gasteiger partial charge in [-0.25, -0.2) is 0 Å². The molecule has 0 spiro atoms. The molecule has 1 fully saturated rings. The van der Waals surface area contributed by atoms with Gasteiger partial charge in [-0.05, 0) is 41.6 Å². The zero-order valence-electron chi connectivity index (χ0n) is 7.46. The van der Waals surface area contributed by atoms with E-state index in [4.69, 9.17) is 0 Å². The summed E-state index contributed by atoms with van der Waals surface area (Å²) in [7, 11) is 0. The first kappa shape index (κ1) is 8.94. The molecule has 0 atom stereocenters. The third-order valence-electron chi connectivity index (χ3n) is 2.36. The molecule has 0 aromatic carbocycles. The fourth-order valence-electron chi connectivity index (χ4n) is 1.37. The topological polar surface area (TPSA) is 34.9 Å². The van der Waals surface area contributed by atoms with Crippen molar-refractivity contribution in [3.05, 3.63) is 15.9 Å². The summed E-state index contributed by atoms with van der Waals surface area (Å²) in [5.74, 6) is 0.773. The number of carbonyl (C=O) groups is 1. The SMILES string of the molecule is Cc1nn(CC2CC2)c(Br)c1C=O. The minimum atomic E-state index is 0.681. The van der Waals surface area contributed by atoms with Crippen LogP contribution < -0.4 is 0 Å². The van der Waals surface area contributed by atoms with Crippen molar-refractivity contribution in [1.29, 1.82) is 0 Å². The Kier molecular flexibility index (Phi) is 2.24. The Balaban J connectivity index is 2.28. The van der Waals surface area contributed by atoms with Crippen LogP contribution in [0, 0.1) is 12.8 Å². The van der Waals surface area contributed by atoms with E-state index in [0.29, 0.717) is 5.56 Å². The Morgan fingerprint density at radius 3 is 2.85 bits per heavy atom. The summed E-state index contributed by atoms with van der Waals surface area (Å²) in [4.78, 5) is 10.7. The molecule has 70 valence electrons. The number of aromatic nitrogens is 2. The smallest absolute Gasteiger partial charge is 0.154 e. The van der Waals surface area contributed by atoms with Crippen molar-refractivity contribution in [1.82, 2.24) is 9.78 Å². The molecule has 0 N–H and O–H groups in total. The Morgan fingerprint density at radius 2 is 2.38 bits per heavy atom. The average molecular weight is 243 g/mol. The highest BCUT2D eigenvalue weighted by molar-refractivity contribution is 9.10. The van der Waals surface area contributed by atoms with Gasteiger partial charge in [0.25, 0.3) is 0 Å². The van der Waals surface area contributed by atoms with Crippen LogP contribution in [0.5, 0.6) is 0 Å². The summed E-state index contributed by atoms with van der Waals surface area (Å²) in [6, 6.07) is 0. The molecule has 1 aliphatic carbocycles. The fourth-order valence-corrected chi connectivity index (χ4v) is 1.97. The van der Waals surface area contributed by atoms with Crippen molar-refractivity contribution in [3.63, 3.8) is 0 Å². The molecule has 13 heavy (non-hydrogen) atoms. The van der Waals surface area contributed by atoms with E-state index < -0.39 is 0 Å². The van der Waals surface area contributed by atoms with Crippen LogP contribution in [0.2, 0.25) is 0 Å². The highest BCUT2D eigenvalue weighted by Crippen LogP contribution is 2.32. The van der Waals surface area contributed by atoms with Gasteiger partial charge < -0.3 is 0 Å². The molecule has 0 bridgehead atoms. The molecular formula is C9H11BrN2O. The largest absolute Gasteiger partial charge is 0.298 e. The highest BCUT2D eigenvalue weighted by atomic mass is 79.9. The molecule has 0 unspecified atom stereocenters. The molecule has 0 aliphatic heterocycles. The zero-order valence-corrected chi connectivity index (χ0v) is 9.04. The van der Waals surface area contributed by atoms with E-state index in [1.54, 1.807) is 0 Å². The second-order valence-corrected chi connectivity index (χ2v) is 4.28. The maximum atomic E-state index is 10.7. The van der Waals surface area contributed by atoms with E-state index >= 15 is 0 Å². The first-order valence-corrected chi connectivity index (χ1v) is 5.19. The van der Waals surface area contributed by atoms with Crippen molar-refractivity contribution in [2.75, 3.05) is 0 Å². The highest BCUT2D eigenvalue weighted by Gasteiger charge is 2.24. The van der Waals surface area contributed by atoms with Crippen molar-refractivity contribution >= 4 is 22.2 Å². The van der Waals surface area contributed by atoms with E-state index in [-0.39, 0.29) is 0 Å². The number of aldehydes is 1. The fraction of sp³-hybridized carbons (Fsp3) is 0.556. The quantitative estimate of drug-likeness (QED) is 0.762. The molecule has 4 heteroatoms. The van der Waals surface area contributed by atoms with Gasteiger partial charge in [-0.1, -0.05) is 0 Å². The lowest BCUT2D eigenvalue weighted by Gasteiger charge is -1.99. The lowest BCUT2D eigenvalue weighted by atomic mass is 10.3. The summed E-state index contributed by atoms with van der Waals surface area (Å²) in [5.41, 5.74) is 1.49. The Labute approximate surface area is 85.3 Å². The van der Waals surface area contributed by atoms with Crippen LogP contribution in [0.3, 0.4) is 0 Å². The van der Waals surface area contributed by atoms with Gasteiger partial charge in [-0.15, -0.1) is 0 Å². The monoisotopic (exact) mass is 242 g/mol. The molecule has 1 aromatic heterocycles. The third kappa shape index (κ3) is 1.68. The predicted octanol–water partition coefficient (Wildman–Crippen LogP) is 2.18. The maximum Gasteiger partial charge on any atom is 0.154 e. The number of carbonyl (C=O) groups excluding carboxylic acids is 1. The van der Waals surface area contributed by atoms with E-state index in [1.807, 2.05) is 11.6 Å². The van der Waals surface area contributed by atoms with Gasteiger partial charge in [0.05, 0.1) is 11.3 Å². The standard InChI is InChI=1S/C9H11BrN2O/c1-6-8(5-13)9(10)12(11-6)4-7-2-3-7/h5,7H,2-4H2,1H3. The van der Waals surface area contributed by atoms with Gasteiger partial charge in [0.15, 0.2) is 6.29 Å². The zero-order chi connectivity index (χ0) is 9.42. The van der Waals surface area contributed by atoms with Gasteiger partial charge in [-0.3, -0.25) is 9.48 Å². The van der Waals surface area contributed by atoms with Crippen molar-refractivity contribution in [3.8, 4) is 0 Å². The van der Waals surface area contributed by atoms with Gasteiger partial charge in [0.2, 0.25) is 0 Å². The van der Waals surface area contributed by atoms with Gasteiger partial charge in [0, 0.05) is 6.54 Å². The lowest BCUT2D eigenvalue weighted by Crippen LogP contribution is -2.02. The van der Waals surface area contributed by atoms with Gasteiger partial charge in [-0.2, -0.15) is 5.10 Å².